The van der Waals surface area contributed by atoms with E-state index < -0.39 is 0 Å². The molecule has 0 aliphatic rings. The van der Waals surface area contributed by atoms with E-state index in [2.05, 4.69) is 15.5 Å². The molecule has 0 amide bonds. The van der Waals surface area contributed by atoms with Crippen molar-refractivity contribution in [1.29, 1.82) is 0 Å². The molecule has 114 valence electrons. The van der Waals surface area contributed by atoms with E-state index in [9.17, 15) is 4.39 Å². The number of hydrogen-bond acceptors (Lipinski definition) is 6. The van der Waals surface area contributed by atoms with Gasteiger partial charge in [-0.25, -0.2) is 4.39 Å². The summed E-state index contributed by atoms with van der Waals surface area (Å²) in [6, 6.07) is 4.97. The molecule has 1 unspecified atom stereocenters. The van der Waals surface area contributed by atoms with Gasteiger partial charge in [-0.1, -0.05) is 30.0 Å². The molecular weight excluding hydrogens is 307 g/mol. The normalized spacial score (nSPS) is 12.4. The maximum absolute atomic E-state index is 13.5. The Hall–Kier alpha value is -1.18. The molecule has 1 aromatic carbocycles. The molecule has 0 aliphatic heterocycles. The number of hydrogen-bond donors (Lipinski definition) is 1. The lowest BCUT2D eigenvalue weighted by molar-refractivity contribution is 0.574. The summed E-state index contributed by atoms with van der Waals surface area (Å²) in [6.45, 7) is 4.91. The minimum Gasteiger partial charge on any atom is -0.353 e. The summed E-state index contributed by atoms with van der Waals surface area (Å²) in [5.74, 6) is -0.217. The predicted molar refractivity (Wildman–Crippen MR) is 86.9 cm³/mol. The van der Waals surface area contributed by atoms with Crippen molar-refractivity contribution in [3.05, 3.63) is 29.6 Å². The van der Waals surface area contributed by atoms with Crippen LogP contribution < -0.4 is 10.2 Å². The van der Waals surface area contributed by atoms with Gasteiger partial charge in [0.15, 0.2) is 4.34 Å². The van der Waals surface area contributed by atoms with E-state index in [0.29, 0.717) is 0 Å². The first kappa shape index (κ1) is 16.2. The van der Waals surface area contributed by atoms with Gasteiger partial charge in [0.1, 0.15) is 5.82 Å². The maximum atomic E-state index is 13.5. The molecule has 4 nitrogen and oxygen atoms in total. The summed E-state index contributed by atoms with van der Waals surface area (Å²) in [5.41, 5.74) is 0.948. The molecule has 1 heterocycles. The Balaban J connectivity index is 2.25. The quantitative estimate of drug-likeness (QED) is 0.879. The number of benzene rings is 1. The Kier molecular flexibility index (Phi) is 5.55. The van der Waals surface area contributed by atoms with Crippen LogP contribution >= 0.6 is 23.1 Å². The van der Waals surface area contributed by atoms with E-state index in [1.54, 1.807) is 12.1 Å². The number of anilines is 1. The Morgan fingerprint density at radius 2 is 2.14 bits per heavy atom. The number of nitrogens with one attached hydrogen (secondary N) is 1. The van der Waals surface area contributed by atoms with Crippen LogP contribution in [-0.2, 0) is 0 Å². The average Bonchev–Trinajstić information content (AvgIpc) is 2.90. The molecule has 21 heavy (non-hydrogen) atoms. The molecule has 2 aromatic rings. The molecule has 0 saturated heterocycles. The smallest absolute Gasteiger partial charge is 0.208 e. The molecule has 0 bridgehead atoms. The van der Waals surface area contributed by atoms with Crippen molar-refractivity contribution >= 4 is 28.2 Å². The standard InChI is InChI=1S/C14H19FN4S2/c1-5-16-9(2)11-8-10(15)6-7-12(11)20-14-18-17-13(21-14)19(3)4/h6-9,16H,5H2,1-4H3. The van der Waals surface area contributed by atoms with Crippen LogP contribution in [0, 0.1) is 5.82 Å². The van der Waals surface area contributed by atoms with Gasteiger partial charge in [-0.15, -0.1) is 10.2 Å². The summed E-state index contributed by atoms with van der Waals surface area (Å²) in [5, 5.41) is 12.5. The highest BCUT2D eigenvalue weighted by atomic mass is 32.2. The van der Waals surface area contributed by atoms with Gasteiger partial charge in [0, 0.05) is 25.0 Å². The minimum atomic E-state index is -0.217. The first-order chi connectivity index (χ1) is 10.0. The summed E-state index contributed by atoms with van der Waals surface area (Å²) in [6.07, 6.45) is 0. The Morgan fingerprint density at radius 1 is 1.38 bits per heavy atom. The van der Waals surface area contributed by atoms with E-state index in [0.717, 1.165) is 26.5 Å². The van der Waals surface area contributed by atoms with Crippen LogP contribution in [0.15, 0.2) is 27.4 Å². The van der Waals surface area contributed by atoms with Gasteiger partial charge in [0.25, 0.3) is 0 Å². The Labute approximate surface area is 132 Å². The summed E-state index contributed by atoms with van der Waals surface area (Å²) >= 11 is 3.05. The van der Waals surface area contributed by atoms with Crippen LogP contribution in [0.5, 0.6) is 0 Å². The molecule has 0 spiro atoms. The zero-order valence-electron chi connectivity index (χ0n) is 12.6. The van der Waals surface area contributed by atoms with Gasteiger partial charge in [-0.05, 0) is 37.2 Å². The first-order valence-electron chi connectivity index (χ1n) is 6.72. The van der Waals surface area contributed by atoms with Crippen molar-refractivity contribution in [2.75, 3.05) is 25.5 Å². The van der Waals surface area contributed by atoms with E-state index in [4.69, 9.17) is 0 Å². The summed E-state index contributed by atoms with van der Waals surface area (Å²) in [7, 11) is 3.87. The molecule has 0 fully saturated rings. The highest BCUT2D eigenvalue weighted by Crippen LogP contribution is 2.36. The molecule has 1 aromatic heterocycles. The van der Waals surface area contributed by atoms with Gasteiger partial charge in [0.05, 0.1) is 0 Å². The molecule has 0 saturated carbocycles. The largest absolute Gasteiger partial charge is 0.353 e. The van der Waals surface area contributed by atoms with Crippen molar-refractivity contribution in [3.63, 3.8) is 0 Å². The van der Waals surface area contributed by atoms with Crippen LogP contribution in [0.3, 0.4) is 0 Å². The molecule has 1 atom stereocenters. The second-order valence-electron chi connectivity index (χ2n) is 4.81. The second-order valence-corrected chi connectivity index (χ2v) is 7.05. The highest BCUT2D eigenvalue weighted by molar-refractivity contribution is 8.01. The predicted octanol–water partition coefficient (Wildman–Crippen LogP) is 3.56. The van der Waals surface area contributed by atoms with Crippen molar-refractivity contribution in [2.24, 2.45) is 0 Å². The fourth-order valence-electron chi connectivity index (χ4n) is 1.89. The van der Waals surface area contributed by atoms with E-state index in [1.807, 2.05) is 32.8 Å². The monoisotopic (exact) mass is 326 g/mol. The minimum absolute atomic E-state index is 0.0921. The van der Waals surface area contributed by atoms with Crippen molar-refractivity contribution in [2.45, 2.75) is 29.1 Å². The van der Waals surface area contributed by atoms with Crippen LogP contribution in [0.25, 0.3) is 0 Å². The maximum Gasteiger partial charge on any atom is 0.208 e. The fraction of sp³-hybridized carbons (Fsp3) is 0.429. The van der Waals surface area contributed by atoms with Gasteiger partial charge in [-0.2, -0.15) is 0 Å². The third-order valence-electron chi connectivity index (χ3n) is 2.92. The van der Waals surface area contributed by atoms with Crippen molar-refractivity contribution < 1.29 is 4.39 Å². The topological polar surface area (TPSA) is 41.1 Å². The van der Waals surface area contributed by atoms with Crippen molar-refractivity contribution in [1.82, 2.24) is 15.5 Å². The molecular formula is C14H19FN4S2. The lowest BCUT2D eigenvalue weighted by atomic mass is 10.1. The van der Waals surface area contributed by atoms with Gasteiger partial charge in [-0.3, -0.25) is 0 Å². The molecule has 1 N–H and O–H groups in total. The number of halogens is 1. The Morgan fingerprint density at radius 3 is 2.76 bits per heavy atom. The van der Waals surface area contributed by atoms with E-state index in [1.165, 1.54) is 29.2 Å². The summed E-state index contributed by atoms with van der Waals surface area (Å²) < 4.78 is 14.4. The first-order valence-corrected chi connectivity index (χ1v) is 8.36. The van der Waals surface area contributed by atoms with E-state index in [-0.39, 0.29) is 11.9 Å². The number of nitrogens with zero attached hydrogens (tertiary/aromatic N) is 3. The van der Waals surface area contributed by atoms with Crippen LogP contribution in [0.1, 0.15) is 25.5 Å². The number of rotatable bonds is 6. The van der Waals surface area contributed by atoms with Crippen LogP contribution in [-0.4, -0.2) is 30.8 Å². The van der Waals surface area contributed by atoms with Gasteiger partial charge in [0.2, 0.25) is 5.13 Å². The zero-order valence-corrected chi connectivity index (χ0v) is 14.2. The lowest BCUT2D eigenvalue weighted by Crippen LogP contribution is -2.18. The lowest BCUT2D eigenvalue weighted by Gasteiger charge is -2.16. The molecule has 7 heteroatoms. The summed E-state index contributed by atoms with van der Waals surface area (Å²) in [4.78, 5) is 2.93. The zero-order chi connectivity index (χ0) is 15.4. The van der Waals surface area contributed by atoms with E-state index >= 15 is 0 Å². The fourth-order valence-corrected chi connectivity index (χ4v) is 3.81. The molecule has 0 aliphatic carbocycles. The van der Waals surface area contributed by atoms with Gasteiger partial charge >= 0.3 is 0 Å². The third-order valence-corrected chi connectivity index (χ3v) is 5.16. The highest BCUT2D eigenvalue weighted by Gasteiger charge is 2.14. The SMILES string of the molecule is CCNC(C)c1cc(F)ccc1Sc1nnc(N(C)C)s1. The third kappa shape index (κ3) is 4.15. The van der Waals surface area contributed by atoms with Crippen LogP contribution in [0.4, 0.5) is 9.52 Å². The average molecular weight is 326 g/mol. The number of aromatic nitrogens is 2. The second kappa shape index (κ2) is 7.20. The molecule has 0 radical (unpaired) electrons. The Bertz CT molecular complexity index is 600. The van der Waals surface area contributed by atoms with Gasteiger partial charge < -0.3 is 10.2 Å². The molecule has 2 rings (SSSR count). The van der Waals surface area contributed by atoms with Crippen molar-refractivity contribution in [3.8, 4) is 0 Å². The van der Waals surface area contributed by atoms with Crippen LogP contribution in [0.2, 0.25) is 0 Å².